The summed E-state index contributed by atoms with van der Waals surface area (Å²) in [5, 5.41) is 3.81. The fourth-order valence-corrected chi connectivity index (χ4v) is 3.83. The van der Waals surface area contributed by atoms with E-state index in [1.807, 2.05) is 30.0 Å². The van der Waals surface area contributed by atoms with Gasteiger partial charge < -0.3 is 19.4 Å². The number of rotatable bonds is 7. The highest BCUT2D eigenvalue weighted by Crippen LogP contribution is 2.31. The average Bonchev–Trinajstić information content (AvgIpc) is 3.05. The summed E-state index contributed by atoms with van der Waals surface area (Å²) in [5.41, 5.74) is 1.28. The normalized spacial score (nSPS) is 15.0. The second kappa shape index (κ2) is 9.13. The van der Waals surface area contributed by atoms with Crippen molar-refractivity contribution in [2.45, 2.75) is 46.0 Å². The SMILES string of the molecule is CCCCCNC(=O)C1CCN(C(=O)c2c(C)oc3ccc(OC)cc23)CC1. The molecule has 1 aromatic heterocycles. The van der Waals surface area contributed by atoms with Crippen molar-refractivity contribution in [2.75, 3.05) is 26.7 Å². The summed E-state index contributed by atoms with van der Waals surface area (Å²) in [7, 11) is 1.60. The van der Waals surface area contributed by atoms with Crippen LogP contribution in [0, 0.1) is 12.8 Å². The van der Waals surface area contributed by atoms with Gasteiger partial charge in [-0.25, -0.2) is 0 Å². The highest BCUT2D eigenvalue weighted by molar-refractivity contribution is 6.07. The van der Waals surface area contributed by atoms with E-state index in [1.165, 1.54) is 0 Å². The Hall–Kier alpha value is -2.50. The summed E-state index contributed by atoms with van der Waals surface area (Å²) in [6, 6.07) is 5.49. The van der Waals surface area contributed by atoms with Crippen LogP contribution in [0.1, 0.15) is 55.1 Å². The molecule has 1 N–H and O–H groups in total. The molecule has 1 saturated heterocycles. The molecule has 0 atom stereocenters. The number of unbranched alkanes of at least 4 members (excludes halogenated alkanes) is 2. The van der Waals surface area contributed by atoms with E-state index in [0.717, 1.165) is 31.2 Å². The summed E-state index contributed by atoms with van der Waals surface area (Å²) >= 11 is 0. The Balaban J connectivity index is 1.63. The van der Waals surface area contributed by atoms with E-state index in [1.54, 1.807) is 7.11 Å². The molecule has 0 unspecified atom stereocenters. The summed E-state index contributed by atoms with van der Waals surface area (Å²) in [4.78, 5) is 27.3. The fourth-order valence-electron chi connectivity index (χ4n) is 3.83. The topological polar surface area (TPSA) is 71.8 Å². The maximum Gasteiger partial charge on any atom is 0.258 e. The smallest absolute Gasteiger partial charge is 0.258 e. The first-order chi connectivity index (χ1) is 13.5. The molecule has 2 heterocycles. The van der Waals surface area contributed by atoms with Crippen LogP contribution in [0.4, 0.5) is 0 Å². The highest BCUT2D eigenvalue weighted by Gasteiger charge is 2.30. The molecule has 6 nitrogen and oxygen atoms in total. The number of nitrogens with one attached hydrogen (secondary N) is 1. The number of hydrogen-bond acceptors (Lipinski definition) is 4. The first kappa shape index (κ1) is 20.2. The van der Waals surface area contributed by atoms with Gasteiger partial charge in [0.05, 0.1) is 12.7 Å². The number of nitrogens with zero attached hydrogens (tertiary/aromatic N) is 1. The van der Waals surface area contributed by atoms with Crippen LogP contribution in [-0.4, -0.2) is 43.5 Å². The number of carbonyl (C=O) groups excluding carboxylic acids is 2. The molecule has 0 radical (unpaired) electrons. The van der Waals surface area contributed by atoms with E-state index in [0.29, 0.717) is 48.6 Å². The predicted octanol–water partition coefficient (Wildman–Crippen LogP) is 3.91. The van der Waals surface area contributed by atoms with Gasteiger partial charge in [0.15, 0.2) is 0 Å². The third kappa shape index (κ3) is 4.32. The Morgan fingerprint density at radius 3 is 2.68 bits per heavy atom. The zero-order valence-corrected chi connectivity index (χ0v) is 17.0. The Morgan fingerprint density at radius 2 is 2.00 bits per heavy atom. The van der Waals surface area contributed by atoms with Crippen LogP contribution in [0.25, 0.3) is 11.0 Å². The Morgan fingerprint density at radius 1 is 1.25 bits per heavy atom. The van der Waals surface area contributed by atoms with Gasteiger partial charge in [-0.05, 0) is 44.4 Å². The first-order valence-electron chi connectivity index (χ1n) is 10.2. The van der Waals surface area contributed by atoms with Crippen LogP contribution in [0.2, 0.25) is 0 Å². The average molecular weight is 386 g/mol. The minimum Gasteiger partial charge on any atom is -0.497 e. The van der Waals surface area contributed by atoms with E-state index in [-0.39, 0.29) is 17.7 Å². The Labute approximate surface area is 166 Å². The van der Waals surface area contributed by atoms with Crippen LogP contribution in [-0.2, 0) is 4.79 Å². The van der Waals surface area contributed by atoms with Gasteiger partial charge in [-0.2, -0.15) is 0 Å². The van der Waals surface area contributed by atoms with E-state index >= 15 is 0 Å². The molecule has 1 aliphatic heterocycles. The van der Waals surface area contributed by atoms with Crippen LogP contribution in [0.5, 0.6) is 5.75 Å². The fraction of sp³-hybridized carbons (Fsp3) is 0.545. The number of furan rings is 1. The standard InChI is InChI=1S/C22H30N2O4/c1-4-5-6-11-23-21(25)16-9-12-24(13-10-16)22(26)20-15(2)28-19-8-7-17(27-3)14-18(19)20/h7-8,14,16H,4-6,9-13H2,1-3H3,(H,23,25). The predicted molar refractivity (Wildman–Crippen MR) is 109 cm³/mol. The number of likely N-dealkylation sites (tertiary alicyclic amines) is 1. The highest BCUT2D eigenvalue weighted by atomic mass is 16.5. The van der Waals surface area contributed by atoms with Gasteiger partial charge in [-0.15, -0.1) is 0 Å². The zero-order chi connectivity index (χ0) is 20.1. The van der Waals surface area contributed by atoms with Crippen LogP contribution in [0.15, 0.2) is 22.6 Å². The summed E-state index contributed by atoms with van der Waals surface area (Å²) in [5.74, 6) is 1.39. The lowest BCUT2D eigenvalue weighted by molar-refractivity contribution is -0.126. The van der Waals surface area contributed by atoms with Crippen molar-refractivity contribution in [3.8, 4) is 5.75 Å². The van der Waals surface area contributed by atoms with Crippen molar-refractivity contribution in [2.24, 2.45) is 5.92 Å². The molecule has 2 aromatic rings. The van der Waals surface area contributed by atoms with Gasteiger partial charge in [-0.1, -0.05) is 19.8 Å². The molecule has 1 fully saturated rings. The van der Waals surface area contributed by atoms with Crippen molar-refractivity contribution in [1.82, 2.24) is 10.2 Å². The minimum absolute atomic E-state index is 0.00652. The Kier molecular flexibility index (Phi) is 6.60. The molecule has 1 aliphatic rings. The lowest BCUT2D eigenvalue weighted by atomic mass is 9.95. The third-order valence-corrected chi connectivity index (χ3v) is 5.52. The van der Waals surface area contributed by atoms with Gasteiger partial charge in [-0.3, -0.25) is 9.59 Å². The van der Waals surface area contributed by atoms with E-state index in [9.17, 15) is 9.59 Å². The van der Waals surface area contributed by atoms with Crippen molar-refractivity contribution < 1.29 is 18.7 Å². The lowest BCUT2D eigenvalue weighted by Crippen LogP contribution is -2.43. The zero-order valence-electron chi connectivity index (χ0n) is 17.0. The molecule has 152 valence electrons. The number of methoxy groups -OCH3 is 1. The molecule has 0 aliphatic carbocycles. The van der Waals surface area contributed by atoms with Crippen LogP contribution in [0.3, 0.4) is 0 Å². The van der Waals surface area contributed by atoms with Gasteiger partial charge in [0.1, 0.15) is 17.1 Å². The molecule has 1 aromatic carbocycles. The number of amides is 2. The van der Waals surface area contributed by atoms with Gasteiger partial charge in [0.2, 0.25) is 5.91 Å². The molecule has 28 heavy (non-hydrogen) atoms. The molecule has 0 spiro atoms. The molecular formula is C22H30N2O4. The number of benzene rings is 1. The summed E-state index contributed by atoms with van der Waals surface area (Å²) in [6.07, 6.45) is 4.70. The largest absolute Gasteiger partial charge is 0.497 e. The Bertz CT molecular complexity index is 834. The summed E-state index contributed by atoms with van der Waals surface area (Å²) < 4.78 is 11.1. The number of ether oxygens (including phenoxy) is 1. The molecule has 0 bridgehead atoms. The minimum atomic E-state index is -0.0358. The second-order valence-electron chi connectivity index (χ2n) is 7.46. The molecule has 0 saturated carbocycles. The number of carbonyl (C=O) groups is 2. The van der Waals surface area contributed by atoms with Gasteiger partial charge in [0.25, 0.3) is 5.91 Å². The third-order valence-electron chi connectivity index (χ3n) is 5.52. The van der Waals surface area contributed by atoms with E-state index < -0.39 is 0 Å². The van der Waals surface area contributed by atoms with Gasteiger partial charge >= 0.3 is 0 Å². The lowest BCUT2D eigenvalue weighted by Gasteiger charge is -2.31. The number of aryl methyl sites for hydroxylation is 1. The summed E-state index contributed by atoms with van der Waals surface area (Å²) in [6.45, 7) is 5.88. The molecule has 3 rings (SSSR count). The van der Waals surface area contributed by atoms with Gasteiger partial charge in [0, 0.05) is 30.9 Å². The van der Waals surface area contributed by atoms with Crippen molar-refractivity contribution in [3.63, 3.8) is 0 Å². The quantitative estimate of drug-likeness (QED) is 0.733. The molecule has 6 heteroatoms. The van der Waals surface area contributed by atoms with Crippen LogP contribution < -0.4 is 10.1 Å². The number of hydrogen-bond donors (Lipinski definition) is 1. The monoisotopic (exact) mass is 386 g/mol. The number of piperidine rings is 1. The van der Waals surface area contributed by atoms with Crippen molar-refractivity contribution in [3.05, 3.63) is 29.5 Å². The number of fused-ring (bicyclic) bond motifs is 1. The van der Waals surface area contributed by atoms with Crippen molar-refractivity contribution in [1.29, 1.82) is 0 Å². The van der Waals surface area contributed by atoms with Crippen LogP contribution >= 0.6 is 0 Å². The first-order valence-corrected chi connectivity index (χ1v) is 10.2. The maximum atomic E-state index is 13.1. The second-order valence-corrected chi connectivity index (χ2v) is 7.46. The van der Waals surface area contributed by atoms with E-state index in [2.05, 4.69) is 12.2 Å². The van der Waals surface area contributed by atoms with E-state index in [4.69, 9.17) is 9.15 Å². The molecule has 2 amide bonds. The van der Waals surface area contributed by atoms with Crippen molar-refractivity contribution >= 4 is 22.8 Å². The molecular weight excluding hydrogens is 356 g/mol. The maximum absolute atomic E-state index is 13.1.